The van der Waals surface area contributed by atoms with E-state index in [0.29, 0.717) is 6.42 Å². The predicted octanol–water partition coefficient (Wildman–Crippen LogP) is -0.0916. The van der Waals surface area contributed by atoms with Gasteiger partial charge in [0.15, 0.2) is 0 Å². The molecule has 0 aromatic heterocycles. The highest BCUT2D eigenvalue weighted by atomic mass is 16.5. The van der Waals surface area contributed by atoms with Gasteiger partial charge in [-0.25, -0.2) is 0 Å². The maximum atomic E-state index is 11.0. The predicted molar refractivity (Wildman–Crippen MR) is 45.8 cm³/mol. The Bertz CT molecular complexity index is 138. The van der Waals surface area contributed by atoms with E-state index in [1.165, 1.54) is 7.11 Å². The fraction of sp³-hybridized carbons (Fsp3) is 0.875. The van der Waals surface area contributed by atoms with E-state index in [9.17, 15) is 9.90 Å². The number of esters is 1. The van der Waals surface area contributed by atoms with E-state index in [4.69, 9.17) is 0 Å². The molecule has 4 nitrogen and oxygen atoms in total. The minimum atomic E-state index is -0.660. The zero-order valence-corrected chi connectivity index (χ0v) is 7.83. The lowest BCUT2D eigenvalue weighted by atomic mass is 10.1. The van der Waals surface area contributed by atoms with Gasteiger partial charge < -0.3 is 15.2 Å². The summed E-state index contributed by atoms with van der Waals surface area (Å²) in [6.07, 6.45) is 0.782. The molecule has 2 N–H and O–H groups in total. The molecule has 0 aliphatic heterocycles. The molecule has 0 fully saturated rings. The molecule has 0 unspecified atom stereocenters. The van der Waals surface area contributed by atoms with Crippen LogP contribution in [0.5, 0.6) is 0 Å². The minimum Gasteiger partial charge on any atom is -0.468 e. The van der Waals surface area contributed by atoms with Crippen molar-refractivity contribution in [3.05, 3.63) is 0 Å². The van der Waals surface area contributed by atoms with Gasteiger partial charge in [-0.3, -0.25) is 4.79 Å². The minimum absolute atomic E-state index is 0.418. The van der Waals surface area contributed by atoms with Crippen molar-refractivity contribution in [3.8, 4) is 0 Å². The van der Waals surface area contributed by atoms with Gasteiger partial charge in [-0.1, -0.05) is 13.3 Å². The Morgan fingerprint density at radius 2 is 2.25 bits per heavy atom. The third-order valence-electron chi connectivity index (χ3n) is 1.74. The van der Waals surface area contributed by atoms with Crippen molar-refractivity contribution in [1.29, 1.82) is 0 Å². The molecule has 0 radical (unpaired) electrons. The van der Waals surface area contributed by atoms with Gasteiger partial charge in [0.1, 0.15) is 6.04 Å². The van der Waals surface area contributed by atoms with Gasteiger partial charge in [0, 0.05) is 0 Å². The Morgan fingerprint density at radius 1 is 1.67 bits per heavy atom. The van der Waals surface area contributed by atoms with Crippen LogP contribution in [-0.4, -0.2) is 37.4 Å². The monoisotopic (exact) mass is 175 g/mol. The first-order chi connectivity index (χ1) is 5.67. The summed E-state index contributed by atoms with van der Waals surface area (Å²) >= 11 is 0. The first-order valence-corrected chi connectivity index (χ1v) is 4.10. The Labute approximate surface area is 72.9 Å². The lowest BCUT2D eigenvalue weighted by Gasteiger charge is -2.19. The smallest absolute Gasteiger partial charge is 0.325 e. The molecule has 0 amide bonds. The molecule has 0 heterocycles. The molecule has 2 atom stereocenters. The van der Waals surface area contributed by atoms with Crippen LogP contribution in [0.4, 0.5) is 0 Å². The Hall–Kier alpha value is -0.610. The molecule has 0 aromatic carbocycles. The van der Waals surface area contributed by atoms with Gasteiger partial charge in [0.05, 0.1) is 13.2 Å². The van der Waals surface area contributed by atoms with Crippen molar-refractivity contribution >= 4 is 5.97 Å². The lowest BCUT2D eigenvalue weighted by Crippen LogP contribution is -2.44. The molecule has 0 bridgehead atoms. The molecule has 12 heavy (non-hydrogen) atoms. The summed E-state index contributed by atoms with van der Waals surface area (Å²) in [6.45, 7) is 1.95. The lowest BCUT2D eigenvalue weighted by molar-refractivity contribution is -0.146. The molecule has 0 aromatic rings. The number of nitrogens with one attached hydrogen (secondary N) is 1. The molecular weight excluding hydrogens is 158 g/mol. The van der Waals surface area contributed by atoms with E-state index >= 15 is 0 Å². The fourth-order valence-electron chi connectivity index (χ4n) is 1.06. The molecule has 0 spiro atoms. The largest absolute Gasteiger partial charge is 0.468 e. The van der Waals surface area contributed by atoms with Crippen LogP contribution in [-0.2, 0) is 9.53 Å². The highest BCUT2D eigenvalue weighted by Gasteiger charge is 2.24. The second-order valence-electron chi connectivity index (χ2n) is 2.65. The zero-order valence-electron chi connectivity index (χ0n) is 7.83. The summed E-state index contributed by atoms with van der Waals surface area (Å²) in [5, 5.41) is 12.2. The second kappa shape index (κ2) is 5.97. The zero-order chi connectivity index (χ0) is 9.56. The van der Waals surface area contributed by atoms with Crippen molar-refractivity contribution in [2.75, 3.05) is 14.2 Å². The average molecular weight is 175 g/mol. The van der Waals surface area contributed by atoms with E-state index in [1.54, 1.807) is 7.05 Å². The molecule has 0 aliphatic rings. The third-order valence-corrected chi connectivity index (χ3v) is 1.74. The van der Waals surface area contributed by atoms with Crippen molar-refractivity contribution in [2.45, 2.75) is 31.9 Å². The van der Waals surface area contributed by atoms with Crippen LogP contribution >= 0.6 is 0 Å². The molecular formula is C8H17NO3. The number of hydrogen-bond acceptors (Lipinski definition) is 4. The molecule has 72 valence electrons. The van der Waals surface area contributed by atoms with Crippen molar-refractivity contribution in [1.82, 2.24) is 5.32 Å². The van der Waals surface area contributed by atoms with Gasteiger partial charge in [-0.15, -0.1) is 0 Å². The summed E-state index contributed by atoms with van der Waals surface area (Å²) in [6, 6.07) is -0.602. The maximum Gasteiger partial charge on any atom is 0.325 e. The second-order valence-corrected chi connectivity index (χ2v) is 2.65. The standard InChI is InChI=1S/C8H17NO3/c1-4-5-6(10)7(9-2)8(11)12-3/h6-7,9-10H,4-5H2,1-3H3/t6-,7-/m0/s1. The summed E-state index contributed by atoms with van der Waals surface area (Å²) in [5.41, 5.74) is 0. The van der Waals surface area contributed by atoms with Crippen LogP contribution in [0.3, 0.4) is 0 Å². The topological polar surface area (TPSA) is 58.6 Å². The molecule has 0 saturated heterocycles. The van der Waals surface area contributed by atoms with Crippen LogP contribution < -0.4 is 5.32 Å². The normalized spacial score (nSPS) is 15.3. The molecule has 0 rings (SSSR count). The van der Waals surface area contributed by atoms with Crippen LogP contribution in [0.1, 0.15) is 19.8 Å². The summed E-state index contributed by atoms with van der Waals surface area (Å²) in [4.78, 5) is 11.0. The van der Waals surface area contributed by atoms with Crippen LogP contribution in [0.15, 0.2) is 0 Å². The van der Waals surface area contributed by atoms with Crippen molar-refractivity contribution < 1.29 is 14.6 Å². The van der Waals surface area contributed by atoms with E-state index < -0.39 is 18.1 Å². The van der Waals surface area contributed by atoms with E-state index in [1.807, 2.05) is 6.92 Å². The Balaban J connectivity index is 4.03. The number of aliphatic hydroxyl groups excluding tert-OH is 1. The maximum absolute atomic E-state index is 11.0. The number of aliphatic hydroxyl groups is 1. The van der Waals surface area contributed by atoms with Gasteiger partial charge in [0.2, 0.25) is 0 Å². The average Bonchev–Trinajstić information content (AvgIpc) is 2.06. The number of carbonyl (C=O) groups excluding carboxylic acids is 1. The SMILES string of the molecule is CCC[C@H](O)[C@H](NC)C(=O)OC. The Kier molecular flexibility index (Phi) is 5.66. The first-order valence-electron chi connectivity index (χ1n) is 4.10. The van der Waals surface area contributed by atoms with E-state index in [2.05, 4.69) is 10.1 Å². The van der Waals surface area contributed by atoms with Gasteiger partial charge >= 0.3 is 5.97 Å². The first kappa shape index (κ1) is 11.4. The Morgan fingerprint density at radius 3 is 2.58 bits per heavy atom. The van der Waals surface area contributed by atoms with Gasteiger partial charge in [-0.2, -0.15) is 0 Å². The number of methoxy groups -OCH3 is 1. The highest BCUT2D eigenvalue weighted by molar-refractivity contribution is 5.76. The number of rotatable bonds is 5. The van der Waals surface area contributed by atoms with Gasteiger partial charge in [-0.05, 0) is 13.5 Å². The van der Waals surface area contributed by atoms with Crippen LogP contribution in [0, 0.1) is 0 Å². The van der Waals surface area contributed by atoms with Crippen LogP contribution in [0.2, 0.25) is 0 Å². The van der Waals surface area contributed by atoms with E-state index in [0.717, 1.165) is 6.42 Å². The van der Waals surface area contributed by atoms with E-state index in [-0.39, 0.29) is 0 Å². The quantitative estimate of drug-likeness (QED) is 0.573. The van der Waals surface area contributed by atoms with Crippen molar-refractivity contribution in [2.24, 2.45) is 0 Å². The molecule has 0 saturated carbocycles. The number of ether oxygens (including phenoxy) is 1. The fourth-order valence-corrected chi connectivity index (χ4v) is 1.06. The number of hydrogen-bond donors (Lipinski definition) is 2. The third kappa shape index (κ3) is 3.19. The molecule has 0 aliphatic carbocycles. The number of carbonyl (C=O) groups is 1. The highest BCUT2D eigenvalue weighted by Crippen LogP contribution is 2.03. The van der Waals surface area contributed by atoms with Crippen LogP contribution in [0.25, 0.3) is 0 Å². The van der Waals surface area contributed by atoms with Crippen molar-refractivity contribution in [3.63, 3.8) is 0 Å². The summed E-state index contributed by atoms with van der Waals surface area (Å²) in [7, 11) is 2.94. The number of likely N-dealkylation sites (N-methyl/N-ethyl adjacent to an activating group) is 1. The summed E-state index contributed by atoms with van der Waals surface area (Å²) < 4.78 is 4.51. The van der Waals surface area contributed by atoms with Gasteiger partial charge in [0.25, 0.3) is 0 Å². The summed E-state index contributed by atoms with van der Waals surface area (Å²) in [5.74, 6) is -0.418. The molecule has 4 heteroatoms.